The number of hydrogen-bond donors (Lipinski definition) is 2. The van der Waals surface area contributed by atoms with Gasteiger partial charge in [-0.1, -0.05) is 12.8 Å². The van der Waals surface area contributed by atoms with Gasteiger partial charge in [-0.15, -0.1) is 0 Å². The summed E-state index contributed by atoms with van der Waals surface area (Å²) in [6, 6.07) is 2.44. The SMILES string of the molecule is N#C/C(=C/NC1CCCC1)C(=O)N1CCNCC1. The van der Waals surface area contributed by atoms with E-state index in [0.717, 1.165) is 25.9 Å². The molecule has 1 saturated heterocycles. The zero-order valence-electron chi connectivity index (χ0n) is 10.6. The summed E-state index contributed by atoms with van der Waals surface area (Å²) in [6.45, 7) is 2.98. The van der Waals surface area contributed by atoms with Crippen LogP contribution in [0.1, 0.15) is 25.7 Å². The lowest BCUT2D eigenvalue weighted by Crippen LogP contribution is -2.47. The quantitative estimate of drug-likeness (QED) is 0.559. The molecule has 5 heteroatoms. The molecule has 0 aromatic carbocycles. The Kier molecular flexibility index (Phi) is 4.59. The van der Waals surface area contributed by atoms with Crippen molar-refractivity contribution in [2.45, 2.75) is 31.7 Å². The number of carbonyl (C=O) groups excluding carboxylic acids is 1. The number of amides is 1. The fraction of sp³-hybridized carbons (Fsp3) is 0.692. The van der Waals surface area contributed by atoms with Gasteiger partial charge in [-0.05, 0) is 12.8 Å². The van der Waals surface area contributed by atoms with E-state index in [9.17, 15) is 4.79 Å². The van der Waals surface area contributed by atoms with E-state index in [-0.39, 0.29) is 11.5 Å². The predicted octanol–water partition coefficient (Wildman–Crippen LogP) is 0.358. The van der Waals surface area contributed by atoms with Crippen molar-refractivity contribution in [1.82, 2.24) is 15.5 Å². The molecule has 0 atom stereocenters. The van der Waals surface area contributed by atoms with Crippen LogP contribution >= 0.6 is 0 Å². The predicted molar refractivity (Wildman–Crippen MR) is 68.5 cm³/mol. The Labute approximate surface area is 108 Å². The largest absolute Gasteiger partial charge is 0.387 e. The topological polar surface area (TPSA) is 68.2 Å². The second-order valence-corrected chi connectivity index (χ2v) is 4.86. The molecule has 0 aromatic heterocycles. The minimum absolute atomic E-state index is 0.149. The van der Waals surface area contributed by atoms with E-state index >= 15 is 0 Å². The highest BCUT2D eigenvalue weighted by Crippen LogP contribution is 2.17. The second kappa shape index (κ2) is 6.41. The molecule has 0 spiro atoms. The van der Waals surface area contributed by atoms with Crippen LogP contribution < -0.4 is 10.6 Å². The van der Waals surface area contributed by atoms with Crippen LogP contribution in [-0.2, 0) is 4.79 Å². The van der Waals surface area contributed by atoms with Crippen molar-refractivity contribution in [1.29, 1.82) is 5.26 Å². The van der Waals surface area contributed by atoms with Gasteiger partial charge in [0.1, 0.15) is 11.6 Å². The van der Waals surface area contributed by atoms with E-state index in [1.54, 1.807) is 11.1 Å². The van der Waals surface area contributed by atoms with E-state index in [4.69, 9.17) is 5.26 Å². The Balaban J connectivity index is 1.91. The van der Waals surface area contributed by atoms with Gasteiger partial charge in [0.25, 0.3) is 5.91 Å². The van der Waals surface area contributed by atoms with Crippen molar-refractivity contribution >= 4 is 5.91 Å². The lowest BCUT2D eigenvalue weighted by molar-refractivity contribution is -0.127. The van der Waals surface area contributed by atoms with Crippen molar-refractivity contribution in [2.75, 3.05) is 26.2 Å². The first-order valence-corrected chi connectivity index (χ1v) is 6.67. The number of nitrogens with one attached hydrogen (secondary N) is 2. The van der Waals surface area contributed by atoms with E-state index in [0.29, 0.717) is 19.1 Å². The minimum Gasteiger partial charge on any atom is -0.387 e. The summed E-state index contributed by atoms with van der Waals surface area (Å²) in [6.07, 6.45) is 6.35. The van der Waals surface area contributed by atoms with E-state index in [1.165, 1.54) is 12.8 Å². The van der Waals surface area contributed by atoms with Crippen molar-refractivity contribution in [3.63, 3.8) is 0 Å². The summed E-state index contributed by atoms with van der Waals surface area (Å²) in [4.78, 5) is 13.8. The fourth-order valence-electron chi connectivity index (χ4n) is 2.47. The third kappa shape index (κ3) is 3.23. The molecule has 2 fully saturated rings. The molecular weight excluding hydrogens is 228 g/mol. The highest BCUT2D eigenvalue weighted by atomic mass is 16.2. The normalized spacial score (nSPS) is 21.7. The molecule has 98 valence electrons. The molecule has 1 amide bonds. The van der Waals surface area contributed by atoms with Crippen LogP contribution in [0.3, 0.4) is 0 Å². The lowest BCUT2D eigenvalue weighted by Gasteiger charge is -2.27. The standard InChI is InChI=1S/C13H20N4O/c14-9-11(10-16-12-3-1-2-4-12)13(18)17-7-5-15-6-8-17/h10,12,15-16H,1-8H2/b11-10-. The number of nitrogens with zero attached hydrogens (tertiary/aromatic N) is 2. The van der Waals surface area contributed by atoms with Crippen molar-refractivity contribution in [3.8, 4) is 6.07 Å². The molecule has 0 unspecified atom stereocenters. The summed E-state index contributed by atoms with van der Waals surface area (Å²) >= 11 is 0. The second-order valence-electron chi connectivity index (χ2n) is 4.86. The molecule has 0 radical (unpaired) electrons. The van der Waals surface area contributed by atoms with E-state index in [2.05, 4.69) is 10.6 Å². The third-order valence-corrected chi connectivity index (χ3v) is 3.57. The molecule has 1 heterocycles. The number of hydrogen-bond acceptors (Lipinski definition) is 4. The average molecular weight is 248 g/mol. The maximum atomic E-state index is 12.1. The first kappa shape index (κ1) is 12.9. The highest BCUT2D eigenvalue weighted by Gasteiger charge is 2.20. The van der Waals surface area contributed by atoms with Crippen LogP contribution in [0.4, 0.5) is 0 Å². The van der Waals surface area contributed by atoms with Gasteiger partial charge in [-0.3, -0.25) is 4.79 Å². The van der Waals surface area contributed by atoms with E-state index < -0.39 is 0 Å². The van der Waals surface area contributed by atoms with Crippen molar-refractivity contribution in [3.05, 3.63) is 11.8 Å². The van der Waals surface area contributed by atoms with Gasteiger partial charge in [-0.2, -0.15) is 5.26 Å². The van der Waals surface area contributed by atoms with Crippen LogP contribution in [0, 0.1) is 11.3 Å². The summed E-state index contributed by atoms with van der Waals surface area (Å²) in [7, 11) is 0. The molecule has 2 N–H and O–H groups in total. The molecule has 18 heavy (non-hydrogen) atoms. The van der Waals surface area contributed by atoms with Gasteiger partial charge in [0.05, 0.1) is 0 Å². The van der Waals surface area contributed by atoms with Gasteiger partial charge in [0, 0.05) is 38.4 Å². The monoisotopic (exact) mass is 248 g/mol. The Hall–Kier alpha value is -1.54. The number of nitriles is 1. The smallest absolute Gasteiger partial charge is 0.266 e. The fourth-order valence-corrected chi connectivity index (χ4v) is 2.47. The Morgan fingerprint density at radius 1 is 1.33 bits per heavy atom. The number of rotatable bonds is 3. The first-order chi connectivity index (χ1) is 8.81. The zero-order chi connectivity index (χ0) is 12.8. The van der Waals surface area contributed by atoms with Gasteiger partial charge in [0.15, 0.2) is 0 Å². The Morgan fingerprint density at radius 3 is 2.61 bits per heavy atom. The number of carbonyl (C=O) groups is 1. The maximum Gasteiger partial charge on any atom is 0.266 e. The van der Waals surface area contributed by atoms with Crippen molar-refractivity contribution < 1.29 is 4.79 Å². The van der Waals surface area contributed by atoms with Crippen LogP contribution in [0.25, 0.3) is 0 Å². The maximum absolute atomic E-state index is 12.1. The highest BCUT2D eigenvalue weighted by molar-refractivity contribution is 5.97. The van der Waals surface area contributed by atoms with Crippen molar-refractivity contribution in [2.24, 2.45) is 0 Å². The van der Waals surface area contributed by atoms with Crippen LogP contribution in [-0.4, -0.2) is 43.0 Å². The lowest BCUT2D eigenvalue weighted by atomic mass is 10.2. The Bertz CT molecular complexity index is 360. The molecule has 2 aliphatic rings. The van der Waals surface area contributed by atoms with E-state index in [1.807, 2.05) is 6.07 Å². The molecule has 1 aliphatic heterocycles. The van der Waals surface area contributed by atoms with Crippen LogP contribution in [0.2, 0.25) is 0 Å². The number of piperazine rings is 1. The summed E-state index contributed by atoms with van der Waals surface area (Å²) < 4.78 is 0. The van der Waals surface area contributed by atoms with Gasteiger partial charge in [-0.25, -0.2) is 0 Å². The minimum atomic E-state index is -0.149. The zero-order valence-corrected chi connectivity index (χ0v) is 10.6. The molecule has 1 aliphatic carbocycles. The Morgan fingerprint density at radius 2 is 2.00 bits per heavy atom. The molecule has 0 aromatic rings. The molecule has 0 bridgehead atoms. The molecular formula is C13H20N4O. The average Bonchev–Trinajstić information content (AvgIpc) is 2.93. The molecule has 2 rings (SSSR count). The summed E-state index contributed by atoms with van der Waals surface area (Å²) in [5.41, 5.74) is 0.226. The third-order valence-electron chi connectivity index (χ3n) is 3.57. The summed E-state index contributed by atoms with van der Waals surface area (Å²) in [5.74, 6) is -0.149. The van der Waals surface area contributed by atoms with Gasteiger partial charge < -0.3 is 15.5 Å². The first-order valence-electron chi connectivity index (χ1n) is 6.67. The summed E-state index contributed by atoms with van der Waals surface area (Å²) in [5, 5.41) is 15.5. The van der Waals surface area contributed by atoms with Gasteiger partial charge in [0.2, 0.25) is 0 Å². The molecule has 5 nitrogen and oxygen atoms in total. The molecule has 1 saturated carbocycles. The van der Waals surface area contributed by atoms with Crippen LogP contribution in [0.5, 0.6) is 0 Å². The van der Waals surface area contributed by atoms with Gasteiger partial charge >= 0.3 is 0 Å². The van der Waals surface area contributed by atoms with Crippen LogP contribution in [0.15, 0.2) is 11.8 Å².